The van der Waals surface area contributed by atoms with Crippen LogP contribution in [0, 0.1) is 0 Å². The number of allylic oxidation sites excluding steroid dienone is 2. The van der Waals surface area contributed by atoms with Gasteiger partial charge in [-0.1, -0.05) is 43.8 Å². The molecule has 4 aromatic rings. The molecule has 0 saturated heterocycles. The van der Waals surface area contributed by atoms with E-state index in [4.69, 9.17) is 16.3 Å². The highest BCUT2D eigenvalue weighted by atomic mass is 35.5. The van der Waals surface area contributed by atoms with Crippen molar-refractivity contribution in [1.29, 1.82) is 0 Å². The van der Waals surface area contributed by atoms with E-state index in [1.54, 1.807) is 37.6 Å². The average molecular weight is 582 g/mol. The van der Waals surface area contributed by atoms with E-state index < -0.39 is 0 Å². The van der Waals surface area contributed by atoms with Gasteiger partial charge in [0.15, 0.2) is 0 Å². The molecule has 7 nitrogen and oxygen atoms in total. The number of halogens is 2. The Morgan fingerprint density at radius 1 is 1.35 bits per heavy atom. The molecular weight excluding hydrogens is 549 g/mol. The molecule has 1 aliphatic carbocycles. The Morgan fingerprint density at radius 2 is 2.15 bits per heavy atom. The lowest BCUT2D eigenvalue weighted by Gasteiger charge is -2.18. The second-order valence-electron chi connectivity index (χ2n) is 9.30. The third-order valence-corrected chi connectivity index (χ3v) is 8.04. The first kappa shape index (κ1) is 29.5. The van der Waals surface area contributed by atoms with Crippen molar-refractivity contribution in [3.05, 3.63) is 83.7 Å². The molecule has 40 heavy (non-hydrogen) atoms. The maximum Gasteiger partial charge on any atom is 0.142 e. The highest BCUT2D eigenvalue weighted by Crippen LogP contribution is 2.45. The van der Waals surface area contributed by atoms with Gasteiger partial charge in [-0.25, -0.2) is 14.4 Å². The van der Waals surface area contributed by atoms with Crippen molar-refractivity contribution in [2.45, 2.75) is 46.1 Å². The number of nitrogens with one attached hydrogen (secondary N) is 1. The summed E-state index contributed by atoms with van der Waals surface area (Å²) in [7, 11) is 0. The molecule has 0 saturated carbocycles. The Bertz CT molecular complexity index is 1560. The van der Waals surface area contributed by atoms with Crippen molar-refractivity contribution in [1.82, 2.24) is 19.7 Å². The van der Waals surface area contributed by atoms with Crippen molar-refractivity contribution in [2.75, 3.05) is 18.5 Å². The smallest absolute Gasteiger partial charge is 0.142 e. The number of aromatic nitrogens is 4. The standard InChI is InChI=1S/C25H24ClN5O2S.C5H9F/c1-4-14(2)12-33-21-8-5-16(9-19(21)26)30-24-22-17-6-7-20-18(10-29-31(20)15(3)11-32)23(17)34-25(22)28-13-27-24;1-3-5(6)4-2/h4-5,8-10,13,15,32H,1-2,6-7,11-12H2,3H3,(H,27,28,30);3H,4H2,1-2H3/b;5-3+. The molecule has 0 spiro atoms. The maximum atomic E-state index is 11.7. The van der Waals surface area contributed by atoms with Crippen molar-refractivity contribution in [3.8, 4) is 16.2 Å². The number of thiophene rings is 1. The van der Waals surface area contributed by atoms with E-state index in [2.05, 4.69) is 33.5 Å². The predicted octanol–water partition coefficient (Wildman–Crippen LogP) is 7.99. The number of aliphatic hydroxyl groups is 1. The average Bonchev–Trinajstić information content (AvgIpc) is 3.58. The van der Waals surface area contributed by atoms with Gasteiger partial charge in [0.25, 0.3) is 0 Å². The summed E-state index contributed by atoms with van der Waals surface area (Å²) in [6.45, 7) is 13.4. The van der Waals surface area contributed by atoms with Gasteiger partial charge in [0.05, 0.1) is 35.1 Å². The summed E-state index contributed by atoms with van der Waals surface area (Å²) in [6.07, 6.45) is 8.83. The van der Waals surface area contributed by atoms with Gasteiger partial charge in [-0.15, -0.1) is 11.3 Å². The van der Waals surface area contributed by atoms with E-state index in [1.807, 2.05) is 36.0 Å². The van der Waals surface area contributed by atoms with Crippen LogP contribution >= 0.6 is 22.9 Å². The molecule has 0 bridgehead atoms. The number of nitrogens with zero attached hydrogens (tertiary/aromatic N) is 4. The highest BCUT2D eigenvalue weighted by Gasteiger charge is 2.28. The van der Waals surface area contributed by atoms with Crippen LogP contribution in [0.4, 0.5) is 15.9 Å². The molecule has 2 N–H and O–H groups in total. The van der Waals surface area contributed by atoms with Crippen LogP contribution in [-0.4, -0.2) is 38.1 Å². The van der Waals surface area contributed by atoms with Crippen molar-refractivity contribution < 1.29 is 14.2 Å². The van der Waals surface area contributed by atoms with Gasteiger partial charge in [0, 0.05) is 21.8 Å². The van der Waals surface area contributed by atoms with Crippen LogP contribution in [-0.2, 0) is 12.8 Å². The number of hydrogen-bond donors (Lipinski definition) is 2. The normalized spacial score (nSPS) is 13.1. The second kappa shape index (κ2) is 13.2. The van der Waals surface area contributed by atoms with E-state index in [0.29, 0.717) is 23.8 Å². The Labute approximate surface area is 242 Å². The van der Waals surface area contributed by atoms with Gasteiger partial charge >= 0.3 is 0 Å². The minimum absolute atomic E-state index is 0.0324. The Morgan fingerprint density at radius 3 is 2.80 bits per heavy atom. The van der Waals surface area contributed by atoms with Crippen LogP contribution in [0.5, 0.6) is 5.75 Å². The molecule has 0 fully saturated rings. The van der Waals surface area contributed by atoms with Crippen LogP contribution in [0.1, 0.15) is 44.5 Å². The minimum Gasteiger partial charge on any atom is -0.487 e. The van der Waals surface area contributed by atoms with Gasteiger partial charge < -0.3 is 15.2 Å². The Kier molecular flexibility index (Phi) is 9.73. The lowest BCUT2D eigenvalue weighted by molar-refractivity contribution is 0.227. The van der Waals surface area contributed by atoms with Gasteiger partial charge in [0.1, 0.15) is 29.3 Å². The molecule has 0 aliphatic heterocycles. The molecule has 1 atom stereocenters. The zero-order chi connectivity index (χ0) is 28.8. The maximum absolute atomic E-state index is 11.7. The van der Waals surface area contributed by atoms with Crippen LogP contribution in [0.3, 0.4) is 0 Å². The Hall–Kier alpha value is -3.53. The lowest BCUT2D eigenvalue weighted by atomic mass is 9.95. The molecule has 1 aliphatic rings. The molecular formula is C30H33ClFN5O2S. The quantitative estimate of drug-likeness (QED) is 0.195. The molecule has 1 unspecified atom stereocenters. The molecule has 0 amide bonds. The summed E-state index contributed by atoms with van der Waals surface area (Å²) in [4.78, 5) is 11.2. The third-order valence-electron chi connectivity index (χ3n) is 6.57. The zero-order valence-corrected chi connectivity index (χ0v) is 24.4. The fourth-order valence-electron chi connectivity index (χ4n) is 4.33. The fourth-order valence-corrected chi connectivity index (χ4v) is 5.79. The minimum atomic E-state index is -0.0526. The predicted molar refractivity (Wildman–Crippen MR) is 163 cm³/mol. The molecule has 1 aromatic carbocycles. The SMILES string of the molecule is C/C=C(/F)CC.C=CC(=C)COc1ccc(Nc2ncnc3sc4c(c23)CCc2c-4cnn2C(C)CO)cc1Cl. The summed E-state index contributed by atoms with van der Waals surface area (Å²) in [6, 6.07) is 5.50. The van der Waals surface area contributed by atoms with Crippen LogP contribution < -0.4 is 10.1 Å². The number of aliphatic hydroxyl groups excluding tert-OH is 1. The van der Waals surface area contributed by atoms with E-state index >= 15 is 0 Å². The number of rotatable bonds is 9. The van der Waals surface area contributed by atoms with Crippen molar-refractivity contribution in [3.63, 3.8) is 0 Å². The van der Waals surface area contributed by atoms with Crippen LogP contribution in [0.2, 0.25) is 5.02 Å². The number of aryl methyl sites for hydroxylation is 1. The highest BCUT2D eigenvalue weighted by molar-refractivity contribution is 7.22. The summed E-state index contributed by atoms with van der Waals surface area (Å²) >= 11 is 8.10. The van der Waals surface area contributed by atoms with Crippen molar-refractivity contribution >= 4 is 44.7 Å². The first-order chi connectivity index (χ1) is 19.3. The topological polar surface area (TPSA) is 85.1 Å². The van der Waals surface area contributed by atoms with Gasteiger partial charge in [0.2, 0.25) is 0 Å². The van der Waals surface area contributed by atoms with Crippen molar-refractivity contribution in [2.24, 2.45) is 0 Å². The largest absolute Gasteiger partial charge is 0.487 e. The van der Waals surface area contributed by atoms with E-state index in [0.717, 1.165) is 51.4 Å². The number of fused-ring (bicyclic) bond motifs is 5. The molecule has 10 heteroatoms. The van der Waals surface area contributed by atoms with Crippen LogP contribution in [0.25, 0.3) is 20.7 Å². The van der Waals surface area contributed by atoms with E-state index in [9.17, 15) is 9.50 Å². The summed E-state index contributed by atoms with van der Waals surface area (Å²) in [5, 5.41) is 19.1. The van der Waals surface area contributed by atoms with Gasteiger partial charge in [-0.05, 0) is 62.4 Å². The fraction of sp³-hybridized carbons (Fsp3) is 0.300. The number of benzene rings is 1. The first-order valence-electron chi connectivity index (χ1n) is 13.0. The summed E-state index contributed by atoms with van der Waals surface area (Å²) < 4.78 is 19.4. The number of ether oxygens (including phenoxy) is 1. The number of anilines is 2. The lowest BCUT2D eigenvalue weighted by Crippen LogP contribution is -2.16. The van der Waals surface area contributed by atoms with Gasteiger partial charge in [-0.2, -0.15) is 5.10 Å². The zero-order valence-electron chi connectivity index (χ0n) is 22.9. The second-order valence-corrected chi connectivity index (χ2v) is 10.7. The first-order valence-corrected chi connectivity index (χ1v) is 14.2. The van der Waals surface area contributed by atoms with Crippen LogP contribution in [0.15, 0.2) is 67.4 Å². The molecule has 5 rings (SSSR count). The summed E-state index contributed by atoms with van der Waals surface area (Å²) in [5.74, 6) is 1.29. The monoisotopic (exact) mass is 581 g/mol. The van der Waals surface area contributed by atoms with E-state index in [-0.39, 0.29) is 18.5 Å². The Balaban J connectivity index is 0.000000557. The molecule has 0 radical (unpaired) electrons. The molecule has 3 aromatic heterocycles. The molecule has 3 heterocycles. The third kappa shape index (κ3) is 6.27. The molecule has 210 valence electrons. The summed E-state index contributed by atoms with van der Waals surface area (Å²) in [5.41, 5.74) is 5.08. The van der Waals surface area contributed by atoms with E-state index in [1.165, 1.54) is 16.5 Å². The number of hydrogen-bond acceptors (Lipinski definition) is 7. The van der Waals surface area contributed by atoms with Gasteiger partial charge in [-0.3, -0.25) is 4.68 Å².